The molecule has 100 valence electrons. The van der Waals surface area contributed by atoms with Crippen molar-refractivity contribution in [1.82, 2.24) is 5.06 Å². The van der Waals surface area contributed by atoms with Gasteiger partial charge in [0.05, 0.1) is 5.92 Å². The van der Waals surface area contributed by atoms with Crippen LogP contribution in [0.4, 0.5) is 0 Å². The Balaban J connectivity index is 2.40. The summed E-state index contributed by atoms with van der Waals surface area (Å²) in [5.41, 5.74) is 1.91. The van der Waals surface area contributed by atoms with E-state index in [2.05, 4.69) is 6.58 Å². The first-order valence-electron chi connectivity index (χ1n) is 6.27. The molecule has 0 radical (unpaired) electrons. The summed E-state index contributed by atoms with van der Waals surface area (Å²) >= 11 is 0. The fourth-order valence-corrected chi connectivity index (χ4v) is 2.08. The van der Waals surface area contributed by atoms with Gasteiger partial charge in [0, 0.05) is 18.2 Å². The van der Waals surface area contributed by atoms with Crippen LogP contribution in [0, 0.1) is 0 Å². The van der Waals surface area contributed by atoms with E-state index in [-0.39, 0.29) is 17.6 Å². The predicted octanol–water partition coefficient (Wildman–Crippen LogP) is 2.70. The number of fused-ring (bicyclic) bond motifs is 1. The Morgan fingerprint density at radius 1 is 1.47 bits per heavy atom. The van der Waals surface area contributed by atoms with E-state index in [0.717, 1.165) is 5.56 Å². The highest BCUT2D eigenvalue weighted by atomic mass is 16.7. The molecule has 0 aromatic heterocycles. The zero-order chi connectivity index (χ0) is 14.2. The summed E-state index contributed by atoms with van der Waals surface area (Å²) in [4.78, 5) is 29.3. The van der Waals surface area contributed by atoms with Gasteiger partial charge in [-0.25, -0.2) is 0 Å². The van der Waals surface area contributed by atoms with Crippen LogP contribution in [0.1, 0.15) is 42.1 Å². The van der Waals surface area contributed by atoms with Crippen molar-refractivity contribution < 1.29 is 14.4 Å². The van der Waals surface area contributed by atoms with Crippen LogP contribution in [0.2, 0.25) is 0 Å². The quantitative estimate of drug-likeness (QED) is 0.619. The molecular formula is C15H17NO3. The van der Waals surface area contributed by atoms with Crippen molar-refractivity contribution in [3.05, 3.63) is 41.5 Å². The number of benzene rings is 1. The minimum Gasteiger partial charge on any atom is -0.377 e. The molecule has 0 bridgehead atoms. The Bertz CT molecular complexity index is 563. The SMILES string of the molecule is C=C(CC)C(=O)c1ccc2c(c1)ON(C)C(=O)C2C. The maximum absolute atomic E-state index is 12.1. The van der Waals surface area contributed by atoms with Crippen molar-refractivity contribution in [1.29, 1.82) is 0 Å². The number of nitrogens with zero attached hydrogens (tertiary/aromatic N) is 1. The second kappa shape index (κ2) is 4.88. The molecule has 1 aliphatic heterocycles. The molecule has 1 unspecified atom stereocenters. The maximum atomic E-state index is 12.1. The summed E-state index contributed by atoms with van der Waals surface area (Å²) < 4.78 is 0. The van der Waals surface area contributed by atoms with Gasteiger partial charge in [0.1, 0.15) is 0 Å². The van der Waals surface area contributed by atoms with Crippen molar-refractivity contribution in [2.24, 2.45) is 0 Å². The standard InChI is InChI=1S/C15H17NO3/c1-5-9(2)14(17)11-6-7-12-10(3)15(18)16(4)19-13(12)8-11/h6-8,10H,2,5H2,1,3-4H3. The van der Waals surface area contributed by atoms with Gasteiger partial charge in [0.2, 0.25) is 0 Å². The van der Waals surface area contributed by atoms with Crippen LogP contribution in [0.5, 0.6) is 5.75 Å². The molecule has 0 N–H and O–H groups in total. The molecule has 4 heteroatoms. The van der Waals surface area contributed by atoms with E-state index in [4.69, 9.17) is 4.84 Å². The Labute approximate surface area is 112 Å². The van der Waals surface area contributed by atoms with E-state index in [0.29, 0.717) is 23.3 Å². The van der Waals surface area contributed by atoms with Crippen LogP contribution in [0.25, 0.3) is 0 Å². The molecule has 0 spiro atoms. The number of Topliss-reactive ketones (excluding diaryl/α,β-unsaturated/α-hetero) is 1. The number of allylic oxidation sites excluding steroid dienone is 1. The van der Waals surface area contributed by atoms with Gasteiger partial charge >= 0.3 is 0 Å². The third kappa shape index (κ3) is 2.26. The summed E-state index contributed by atoms with van der Waals surface area (Å²) in [6, 6.07) is 5.18. The number of hydrogen-bond donors (Lipinski definition) is 0. The lowest BCUT2D eigenvalue weighted by molar-refractivity contribution is -0.157. The van der Waals surface area contributed by atoms with Gasteiger partial charge in [-0.1, -0.05) is 25.6 Å². The van der Waals surface area contributed by atoms with E-state index in [9.17, 15) is 9.59 Å². The van der Waals surface area contributed by atoms with Gasteiger partial charge in [0.25, 0.3) is 5.91 Å². The molecular weight excluding hydrogens is 242 g/mol. The normalized spacial score (nSPS) is 17.7. The highest BCUT2D eigenvalue weighted by molar-refractivity contribution is 6.08. The zero-order valence-corrected chi connectivity index (χ0v) is 11.4. The molecule has 0 aliphatic carbocycles. The summed E-state index contributed by atoms with van der Waals surface area (Å²) in [6.07, 6.45) is 0.617. The van der Waals surface area contributed by atoms with E-state index < -0.39 is 0 Å². The molecule has 4 nitrogen and oxygen atoms in total. The first kappa shape index (κ1) is 13.3. The molecule has 1 aliphatic rings. The minimum absolute atomic E-state index is 0.0823. The second-order valence-corrected chi connectivity index (χ2v) is 4.69. The largest absolute Gasteiger partial charge is 0.377 e. The van der Waals surface area contributed by atoms with E-state index in [1.54, 1.807) is 25.2 Å². The number of amides is 1. The fourth-order valence-electron chi connectivity index (χ4n) is 2.08. The number of likely N-dealkylation sites (N-methyl/N-ethyl adjacent to an activating group) is 1. The lowest BCUT2D eigenvalue weighted by atomic mass is 9.94. The molecule has 1 aromatic carbocycles. The smallest absolute Gasteiger partial charge is 0.262 e. The minimum atomic E-state index is -0.257. The van der Waals surface area contributed by atoms with Crippen molar-refractivity contribution in [3.63, 3.8) is 0 Å². The van der Waals surface area contributed by atoms with Crippen LogP contribution in [0.15, 0.2) is 30.4 Å². The predicted molar refractivity (Wildman–Crippen MR) is 72.0 cm³/mol. The highest BCUT2D eigenvalue weighted by Gasteiger charge is 2.30. The first-order chi connectivity index (χ1) is 8.95. The average molecular weight is 259 g/mol. The van der Waals surface area contributed by atoms with Crippen molar-refractivity contribution >= 4 is 11.7 Å². The number of rotatable bonds is 3. The Hall–Kier alpha value is -2.10. The summed E-state index contributed by atoms with van der Waals surface area (Å²) in [7, 11) is 1.57. The van der Waals surface area contributed by atoms with Gasteiger partial charge < -0.3 is 4.84 Å². The van der Waals surface area contributed by atoms with Crippen molar-refractivity contribution in [2.45, 2.75) is 26.2 Å². The molecule has 1 heterocycles. The molecule has 1 atom stereocenters. The lowest BCUT2D eigenvalue weighted by Gasteiger charge is -2.29. The topological polar surface area (TPSA) is 46.6 Å². The molecule has 1 aromatic rings. The third-order valence-corrected chi connectivity index (χ3v) is 3.41. The van der Waals surface area contributed by atoms with E-state index in [1.807, 2.05) is 13.8 Å². The first-order valence-corrected chi connectivity index (χ1v) is 6.27. The Morgan fingerprint density at radius 3 is 2.79 bits per heavy atom. The molecule has 0 fully saturated rings. The number of hydrogen-bond acceptors (Lipinski definition) is 3. The third-order valence-electron chi connectivity index (χ3n) is 3.41. The molecule has 2 rings (SSSR count). The van der Waals surface area contributed by atoms with Gasteiger partial charge in [0.15, 0.2) is 11.5 Å². The monoisotopic (exact) mass is 259 g/mol. The van der Waals surface area contributed by atoms with Crippen LogP contribution in [-0.2, 0) is 4.79 Å². The molecule has 1 amide bonds. The van der Waals surface area contributed by atoms with Crippen molar-refractivity contribution in [3.8, 4) is 5.75 Å². The highest BCUT2D eigenvalue weighted by Crippen LogP contribution is 2.34. The molecule has 19 heavy (non-hydrogen) atoms. The molecule has 0 saturated heterocycles. The zero-order valence-electron chi connectivity index (χ0n) is 11.4. The van der Waals surface area contributed by atoms with Crippen LogP contribution < -0.4 is 4.84 Å². The number of hydroxylamine groups is 2. The van der Waals surface area contributed by atoms with Gasteiger partial charge in [-0.05, 0) is 25.0 Å². The Kier molecular flexibility index (Phi) is 3.42. The summed E-state index contributed by atoms with van der Waals surface area (Å²) in [5.74, 6) is 0.127. The van der Waals surface area contributed by atoms with Gasteiger partial charge in [-0.15, -0.1) is 0 Å². The lowest BCUT2D eigenvalue weighted by Crippen LogP contribution is -2.37. The maximum Gasteiger partial charge on any atom is 0.262 e. The number of carbonyl (C=O) groups excluding carboxylic acids is 2. The van der Waals surface area contributed by atoms with Gasteiger partial charge in [-0.2, -0.15) is 5.06 Å². The van der Waals surface area contributed by atoms with Crippen LogP contribution in [-0.4, -0.2) is 23.8 Å². The van der Waals surface area contributed by atoms with Crippen LogP contribution in [0.3, 0.4) is 0 Å². The summed E-state index contributed by atoms with van der Waals surface area (Å²) in [5, 5.41) is 1.20. The molecule has 0 saturated carbocycles. The Morgan fingerprint density at radius 2 is 2.16 bits per heavy atom. The summed E-state index contributed by atoms with van der Waals surface area (Å²) in [6.45, 7) is 7.47. The van der Waals surface area contributed by atoms with E-state index in [1.165, 1.54) is 5.06 Å². The van der Waals surface area contributed by atoms with E-state index >= 15 is 0 Å². The van der Waals surface area contributed by atoms with Gasteiger partial charge in [-0.3, -0.25) is 9.59 Å². The van der Waals surface area contributed by atoms with Crippen LogP contribution >= 0.6 is 0 Å². The number of ketones is 1. The second-order valence-electron chi connectivity index (χ2n) is 4.69. The van der Waals surface area contributed by atoms with Crippen molar-refractivity contribution in [2.75, 3.05) is 7.05 Å². The average Bonchev–Trinajstić information content (AvgIpc) is 2.42. The fraction of sp³-hybridized carbons (Fsp3) is 0.333. The number of carbonyl (C=O) groups is 2.